The maximum Gasteiger partial charge on any atom is 0.323 e. The lowest BCUT2D eigenvalue weighted by Gasteiger charge is -2.58. The van der Waals surface area contributed by atoms with Gasteiger partial charge in [-0.25, -0.2) is 0 Å². The summed E-state index contributed by atoms with van der Waals surface area (Å²) in [7, 11) is 3.82. The second kappa shape index (κ2) is 4.21. The van der Waals surface area contributed by atoms with Crippen LogP contribution in [0.25, 0.3) is 0 Å². The summed E-state index contributed by atoms with van der Waals surface area (Å²) in [5.74, 6) is 2.03. The van der Waals surface area contributed by atoms with Crippen LogP contribution in [0.2, 0.25) is 0 Å². The molecule has 0 spiro atoms. The van der Waals surface area contributed by atoms with E-state index in [1.54, 1.807) is 0 Å². The number of carbonyl (C=O) groups is 1. The number of hydrogen-bond acceptors (Lipinski definition) is 2. The van der Waals surface area contributed by atoms with Crippen molar-refractivity contribution < 1.29 is 9.90 Å². The molecule has 19 heavy (non-hydrogen) atoms. The average Bonchev–Trinajstić information content (AvgIpc) is 2.25. The Morgan fingerprint density at radius 1 is 1.16 bits per heavy atom. The second-order valence-electron chi connectivity index (χ2n) is 8.07. The highest BCUT2D eigenvalue weighted by Gasteiger charge is 2.54. The minimum atomic E-state index is -0.703. The van der Waals surface area contributed by atoms with E-state index in [9.17, 15) is 9.90 Å². The number of nitrogens with zero attached hydrogens (tertiary/aromatic N) is 1. The van der Waals surface area contributed by atoms with Gasteiger partial charge in [0, 0.05) is 0 Å². The van der Waals surface area contributed by atoms with Gasteiger partial charge in [-0.2, -0.15) is 0 Å². The highest BCUT2D eigenvalue weighted by molar-refractivity contribution is 5.78. The molecule has 0 aromatic heterocycles. The van der Waals surface area contributed by atoms with Crippen molar-refractivity contribution in [2.24, 2.45) is 23.2 Å². The molecule has 0 aliphatic heterocycles. The Bertz CT molecular complexity index is 355. The molecule has 1 atom stereocenters. The number of carboxylic acid groups (broad SMARTS) is 1. The summed E-state index contributed by atoms with van der Waals surface area (Å²) >= 11 is 0. The summed E-state index contributed by atoms with van der Waals surface area (Å²) in [4.78, 5) is 13.7. The summed E-state index contributed by atoms with van der Waals surface area (Å²) < 4.78 is 0. The van der Waals surface area contributed by atoms with Crippen LogP contribution in [-0.4, -0.2) is 35.6 Å². The third-order valence-corrected chi connectivity index (χ3v) is 6.33. The smallest absolute Gasteiger partial charge is 0.323 e. The molecule has 0 radical (unpaired) electrons. The van der Waals surface area contributed by atoms with E-state index in [2.05, 4.69) is 0 Å². The van der Waals surface area contributed by atoms with Gasteiger partial charge in [0.2, 0.25) is 0 Å². The van der Waals surface area contributed by atoms with Crippen LogP contribution in [0.1, 0.15) is 51.9 Å². The molecule has 4 fully saturated rings. The van der Waals surface area contributed by atoms with Gasteiger partial charge in [0.1, 0.15) is 5.54 Å². The van der Waals surface area contributed by atoms with Gasteiger partial charge in [-0.3, -0.25) is 9.69 Å². The molecule has 0 heterocycles. The molecule has 4 aliphatic carbocycles. The third-order valence-electron chi connectivity index (χ3n) is 6.33. The Hall–Kier alpha value is -0.570. The molecule has 0 amide bonds. The van der Waals surface area contributed by atoms with E-state index in [0.717, 1.165) is 24.2 Å². The molecule has 3 nitrogen and oxygen atoms in total. The Labute approximate surface area is 116 Å². The van der Waals surface area contributed by atoms with Gasteiger partial charge < -0.3 is 5.11 Å². The fourth-order valence-electron chi connectivity index (χ4n) is 5.66. The molecule has 0 aromatic rings. The SMILES string of the molecule is CN(C)C(C)(CC12CC3CC(CC(C3)C1)C2)C(=O)O. The predicted molar refractivity (Wildman–Crippen MR) is 74.9 cm³/mol. The van der Waals surface area contributed by atoms with Gasteiger partial charge in [0.05, 0.1) is 0 Å². The van der Waals surface area contributed by atoms with Gasteiger partial charge in [0.15, 0.2) is 0 Å². The predicted octanol–water partition coefficient (Wildman–Crippen LogP) is 3.00. The first kappa shape index (κ1) is 13.4. The van der Waals surface area contributed by atoms with E-state index in [4.69, 9.17) is 0 Å². The van der Waals surface area contributed by atoms with Crippen LogP contribution in [-0.2, 0) is 4.79 Å². The molecule has 4 aliphatic rings. The minimum absolute atomic E-state index is 0.326. The fraction of sp³-hybridized carbons (Fsp3) is 0.938. The maximum absolute atomic E-state index is 11.7. The van der Waals surface area contributed by atoms with Gasteiger partial charge in [-0.1, -0.05) is 0 Å². The van der Waals surface area contributed by atoms with Crippen LogP contribution < -0.4 is 0 Å². The van der Waals surface area contributed by atoms with E-state index < -0.39 is 11.5 Å². The highest BCUT2D eigenvalue weighted by Crippen LogP contribution is 2.62. The van der Waals surface area contributed by atoms with Crippen molar-refractivity contribution in [3.8, 4) is 0 Å². The van der Waals surface area contributed by atoms with Crippen LogP contribution in [0.3, 0.4) is 0 Å². The first-order valence-electron chi connectivity index (χ1n) is 7.74. The van der Waals surface area contributed by atoms with E-state index in [-0.39, 0.29) is 0 Å². The quantitative estimate of drug-likeness (QED) is 0.849. The zero-order valence-corrected chi connectivity index (χ0v) is 12.5. The first-order chi connectivity index (χ1) is 8.83. The third kappa shape index (κ3) is 2.10. The number of likely N-dealkylation sites (N-methyl/N-ethyl adjacent to an activating group) is 1. The summed E-state index contributed by atoms with van der Waals surface area (Å²) in [5, 5.41) is 9.66. The van der Waals surface area contributed by atoms with Gasteiger partial charge in [-0.15, -0.1) is 0 Å². The van der Waals surface area contributed by atoms with Crippen LogP contribution in [0.4, 0.5) is 0 Å². The zero-order valence-electron chi connectivity index (χ0n) is 12.5. The Morgan fingerprint density at radius 2 is 1.58 bits per heavy atom. The fourth-order valence-corrected chi connectivity index (χ4v) is 5.66. The molecule has 1 unspecified atom stereocenters. The normalized spacial score (nSPS) is 43.5. The number of hydrogen-bond donors (Lipinski definition) is 1. The summed E-state index contributed by atoms with van der Waals surface area (Å²) in [6.07, 6.45) is 8.97. The molecule has 0 aromatic carbocycles. The molecular weight excluding hydrogens is 238 g/mol. The number of aliphatic carboxylic acids is 1. The maximum atomic E-state index is 11.7. The highest BCUT2D eigenvalue weighted by atomic mass is 16.4. The molecular formula is C16H27NO2. The van der Waals surface area contributed by atoms with E-state index in [0.29, 0.717) is 5.41 Å². The van der Waals surface area contributed by atoms with Crippen LogP contribution in [0.5, 0.6) is 0 Å². The van der Waals surface area contributed by atoms with Gasteiger partial charge in [-0.05, 0) is 89.1 Å². The van der Waals surface area contributed by atoms with Gasteiger partial charge >= 0.3 is 5.97 Å². The first-order valence-corrected chi connectivity index (χ1v) is 7.74. The van der Waals surface area contributed by atoms with Crippen molar-refractivity contribution in [2.45, 2.75) is 57.4 Å². The monoisotopic (exact) mass is 265 g/mol. The molecule has 4 rings (SSSR count). The van der Waals surface area contributed by atoms with E-state index in [1.165, 1.54) is 38.5 Å². The standard InChI is InChI=1S/C16H27NO2/c1-15(14(18)19,17(2)3)10-16-7-11-4-12(8-16)6-13(5-11)9-16/h11-13H,4-10H2,1-3H3,(H,18,19). The molecule has 0 saturated heterocycles. The summed E-state index contributed by atoms with van der Waals surface area (Å²) in [5.41, 5.74) is -0.377. The zero-order chi connectivity index (χ0) is 13.8. The van der Waals surface area contributed by atoms with Crippen LogP contribution in [0, 0.1) is 23.2 Å². The lowest BCUT2D eigenvalue weighted by atomic mass is 9.47. The molecule has 3 heteroatoms. The molecule has 1 N–H and O–H groups in total. The lowest BCUT2D eigenvalue weighted by Crippen LogP contribution is -2.56. The van der Waals surface area contributed by atoms with Crippen LogP contribution in [0.15, 0.2) is 0 Å². The summed E-state index contributed by atoms with van der Waals surface area (Å²) in [6.45, 7) is 1.91. The lowest BCUT2D eigenvalue weighted by molar-refractivity contribution is -0.155. The number of rotatable bonds is 4. The molecule has 108 valence electrons. The molecule has 4 saturated carbocycles. The Balaban J connectivity index is 1.84. The van der Waals surface area contributed by atoms with Crippen molar-refractivity contribution >= 4 is 5.97 Å². The largest absolute Gasteiger partial charge is 0.480 e. The van der Waals surface area contributed by atoms with E-state index in [1.807, 2.05) is 25.9 Å². The van der Waals surface area contributed by atoms with Crippen molar-refractivity contribution in [2.75, 3.05) is 14.1 Å². The second-order valence-corrected chi connectivity index (χ2v) is 8.07. The van der Waals surface area contributed by atoms with Crippen LogP contribution >= 0.6 is 0 Å². The van der Waals surface area contributed by atoms with Crippen molar-refractivity contribution in [1.82, 2.24) is 4.90 Å². The summed E-state index contributed by atoms with van der Waals surface area (Å²) in [6, 6.07) is 0. The number of carboxylic acids is 1. The Kier molecular flexibility index (Phi) is 2.97. The molecule has 4 bridgehead atoms. The topological polar surface area (TPSA) is 40.5 Å². The minimum Gasteiger partial charge on any atom is -0.480 e. The van der Waals surface area contributed by atoms with Gasteiger partial charge in [0.25, 0.3) is 0 Å². The van der Waals surface area contributed by atoms with E-state index >= 15 is 0 Å². The van der Waals surface area contributed by atoms with Crippen molar-refractivity contribution in [1.29, 1.82) is 0 Å². The van der Waals surface area contributed by atoms with Crippen molar-refractivity contribution in [3.63, 3.8) is 0 Å². The Morgan fingerprint density at radius 3 is 1.89 bits per heavy atom. The average molecular weight is 265 g/mol. The van der Waals surface area contributed by atoms with Crippen molar-refractivity contribution in [3.05, 3.63) is 0 Å².